The normalized spacial score (nSPS) is 16.6. The molecule has 3 aromatic carbocycles. The van der Waals surface area contributed by atoms with Crippen LogP contribution in [0.25, 0.3) is 10.9 Å². The fourth-order valence-electron chi connectivity index (χ4n) is 5.37. The smallest absolute Gasteiger partial charge is 0.152 e. The predicted molar refractivity (Wildman–Crippen MR) is 147 cm³/mol. The van der Waals surface area contributed by atoms with E-state index in [1.165, 1.54) is 27.8 Å². The number of fused-ring (bicyclic) bond motifs is 3. The molecule has 6 rings (SSSR count). The number of hydrogen-bond acceptors (Lipinski definition) is 5. The Morgan fingerprint density at radius 1 is 0.861 bits per heavy atom. The molecule has 2 radical (unpaired) electrons. The summed E-state index contributed by atoms with van der Waals surface area (Å²) in [6, 6.07) is 25.5. The minimum Gasteiger partial charge on any atom is -0.475 e. The maximum atomic E-state index is 6.29. The van der Waals surface area contributed by atoms with Gasteiger partial charge in [-0.25, -0.2) is 0 Å². The summed E-state index contributed by atoms with van der Waals surface area (Å²) in [7, 11) is 5.87. The van der Waals surface area contributed by atoms with Gasteiger partial charge in [-0.2, -0.15) is 0 Å². The number of pyridine rings is 1. The van der Waals surface area contributed by atoms with E-state index in [0.717, 1.165) is 69.0 Å². The third-order valence-electron chi connectivity index (χ3n) is 7.38. The molecule has 1 aromatic heterocycles. The first-order valence-corrected chi connectivity index (χ1v) is 12.8. The van der Waals surface area contributed by atoms with Crippen LogP contribution in [0.5, 0.6) is 5.75 Å². The standard InChI is InChI=1S/C30H31BN4O/c31-26-8-10-27(11-9-26)35-17-15-33(16-18-35)20-24-19-25-21-34(14-12-23-5-2-1-3-6-23)22-36-30(25)29-28(24)7-4-13-32-29/h1-11,13,19H,12,14-18,20-22H2. The monoisotopic (exact) mass is 474 g/mol. The Labute approximate surface area is 214 Å². The van der Waals surface area contributed by atoms with Crippen LogP contribution >= 0.6 is 0 Å². The summed E-state index contributed by atoms with van der Waals surface area (Å²) < 4.78 is 6.29. The molecule has 0 amide bonds. The molecular weight excluding hydrogens is 443 g/mol. The van der Waals surface area contributed by atoms with Crippen molar-refractivity contribution in [2.75, 3.05) is 44.4 Å². The Bertz CT molecular complexity index is 1320. The number of aromatic nitrogens is 1. The van der Waals surface area contributed by atoms with Crippen molar-refractivity contribution in [1.29, 1.82) is 0 Å². The van der Waals surface area contributed by atoms with Gasteiger partial charge in [0, 0.05) is 68.6 Å². The summed E-state index contributed by atoms with van der Waals surface area (Å²) in [5, 5.41) is 1.20. The number of benzene rings is 3. The summed E-state index contributed by atoms with van der Waals surface area (Å²) in [6.07, 6.45) is 2.90. The van der Waals surface area contributed by atoms with E-state index in [2.05, 4.69) is 69.3 Å². The molecular formula is C30H31BN4O. The molecule has 2 aliphatic heterocycles. The van der Waals surface area contributed by atoms with Crippen LogP contribution in [-0.4, -0.2) is 62.1 Å². The average molecular weight is 474 g/mol. The lowest BCUT2D eigenvalue weighted by atomic mass is 9.96. The Hall–Kier alpha value is -3.35. The van der Waals surface area contributed by atoms with E-state index in [9.17, 15) is 0 Å². The minimum atomic E-state index is 0.609. The quantitative estimate of drug-likeness (QED) is 0.398. The summed E-state index contributed by atoms with van der Waals surface area (Å²) in [5.74, 6) is 0.957. The molecule has 36 heavy (non-hydrogen) atoms. The first-order chi connectivity index (χ1) is 17.7. The number of rotatable bonds is 6. The van der Waals surface area contributed by atoms with E-state index >= 15 is 0 Å². The maximum Gasteiger partial charge on any atom is 0.152 e. The van der Waals surface area contributed by atoms with Crippen molar-refractivity contribution < 1.29 is 4.74 Å². The van der Waals surface area contributed by atoms with Gasteiger partial charge in [-0.05, 0) is 41.8 Å². The lowest BCUT2D eigenvalue weighted by Crippen LogP contribution is -2.46. The van der Waals surface area contributed by atoms with Crippen LogP contribution in [0, 0.1) is 0 Å². The molecule has 0 aliphatic carbocycles. The van der Waals surface area contributed by atoms with Gasteiger partial charge in [-0.15, -0.1) is 0 Å². The van der Waals surface area contributed by atoms with E-state index in [1.807, 2.05) is 24.4 Å². The molecule has 0 unspecified atom stereocenters. The first-order valence-electron chi connectivity index (χ1n) is 12.8. The van der Waals surface area contributed by atoms with Crippen LogP contribution in [0.1, 0.15) is 16.7 Å². The molecule has 6 heteroatoms. The van der Waals surface area contributed by atoms with E-state index in [0.29, 0.717) is 6.73 Å². The molecule has 0 spiro atoms. The zero-order chi connectivity index (χ0) is 24.3. The lowest BCUT2D eigenvalue weighted by Gasteiger charge is -2.36. The maximum absolute atomic E-state index is 6.29. The van der Waals surface area contributed by atoms with Gasteiger partial charge >= 0.3 is 0 Å². The van der Waals surface area contributed by atoms with Gasteiger partial charge in [0.15, 0.2) is 5.75 Å². The minimum absolute atomic E-state index is 0.609. The molecule has 0 bridgehead atoms. The Kier molecular flexibility index (Phi) is 6.62. The van der Waals surface area contributed by atoms with Crippen LogP contribution in [0.4, 0.5) is 5.69 Å². The van der Waals surface area contributed by atoms with E-state index in [4.69, 9.17) is 17.6 Å². The van der Waals surface area contributed by atoms with Gasteiger partial charge in [-0.1, -0.05) is 54.0 Å². The fraction of sp³-hybridized carbons (Fsp3) is 0.300. The zero-order valence-electron chi connectivity index (χ0n) is 20.6. The molecule has 3 heterocycles. The number of piperazine rings is 1. The summed E-state index contributed by atoms with van der Waals surface area (Å²) >= 11 is 0. The molecule has 5 nitrogen and oxygen atoms in total. The van der Waals surface area contributed by atoms with Crippen molar-refractivity contribution in [3.63, 3.8) is 0 Å². The van der Waals surface area contributed by atoms with Crippen LogP contribution < -0.4 is 15.1 Å². The van der Waals surface area contributed by atoms with Crippen molar-refractivity contribution in [3.8, 4) is 5.75 Å². The highest BCUT2D eigenvalue weighted by Crippen LogP contribution is 2.35. The van der Waals surface area contributed by atoms with Gasteiger partial charge in [0.2, 0.25) is 0 Å². The van der Waals surface area contributed by atoms with Gasteiger partial charge in [0.25, 0.3) is 0 Å². The van der Waals surface area contributed by atoms with Crippen molar-refractivity contribution in [2.24, 2.45) is 0 Å². The molecule has 0 atom stereocenters. The van der Waals surface area contributed by atoms with Crippen LogP contribution in [0.2, 0.25) is 0 Å². The van der Waals surface area contributed by atoms with Gasteiger partial charge < -0.3 is 9.64 Å². The van der Waals surface area contributed by atoms with Crippen LogP contribution in [-0.2, 0) is 19.5 Å². The highest BCUT2D eigenvalue weighted by molar-refractivity contribution is 6.32. The SMILES string of the molecule is [B]c1ccc(N2CCN(Cc3cc4c(c5ncccc35)OCN(CCc3ccccc3)C4)CC2)cc1. The van der Waals surface area contributed by atoms with Crippen molar-refractivity contribution in [1.82, 2.24) is 14.8 Å². The summed E-state index contributed by atoms with van der Waals surface area (Å²) in [5.41, 5.74) is 7.01. The largest absolute Gasteiger partial charge is 0.475 e. The fourth-order valence-corrected chi connectivity index (χ4v) is 5.37. The number of nitrogens with zero attached hydrogens (tertiary/aromatic N) is 4. The van der Waals surface area contributed by atoms with Crippen molar-refractivity contribution >= 4 is 29.9 Å². The van der Waals surface area contributed by atoms with Gasteiger partial charge in [0.05, 0.1) is 0 Å². The molecule has 180 valence electrons. The Morgan fingerprint density at radius 3 is 2.47 bits per heavy atom. The second-order valence-electron chi connectivity index (χ2n) is 9.84. The molecule has 1 fully saturated rings. The first kappa shape index (κ1) is 23.1. The molecule has 2 aliphatic rings. The van der Waals surface area contributed by atoms with E-state index < -0.39 is 0 Å². The van der Waals surface area contributed by atoms with Crippen molar-refractivity contribution in [2.45, 2.75) is 19.5 Å². The Balaban J connectivity index is 1.17. The topological polar surface area (TPSA) is 31.8 Å². The second kappa shape index (κ2) is 10.3. The second-order valence-corrected chi connectivity index (χ2v) is 9.84. The van der Waals surface area contributed by atoms with Gasteiger partial charge in [-0.3, -0.25) is 14.8 Å². The Morgan fingerprint density at radius 2 is 1.67 bits per heavy atom. The summed E-state index contributed by atoms with van der Waals surface area (Å²) in [4.78, 5) is 12.1. The molecule has 0 N–H and O–H groups in total. The van der Waals surface area contributed by atoms with Gasteiger partial charge in [0.1, 0.15) is 20.1 Å². The van der Waals surface area contributed by atoms with Crippen LogP contribution in [0.15, 0.2) is 79.0 Å². The number of ether oxygens (including phenoxy) is 1. The van der Waals surface area contributed by atoms with E-state index in [1.54, 1.807) is 0 Å². The predicted octanol–water partition coefficient (Wildman–Crippen LogP) is 3.75. The number of hydrogen-bond donors (Lipinski definition) is 0. The zero-order valence-corrected chi connectivity index (χ0v) is 20.6. The molecule has 0 saturated carbocycles. The molecule has 4 aromatic rings. The lowest BCUT2D eigenvalue weighted by molar-refractivity contribution is 0.0979. The van der Waals surface area contributed by atoms with Crippen molar-refractivity contribution in [3.05, 3.63) is 95.7 Å². The third kappa shape index (κ3) is 4.97. The highest BCUT2D eigenvalue weighted by Gasteiger charge is 2.24. The summed E-state index contributed by atoms with van der Waals surface area (Å²) in [6.45, 7) is 7.50. The highest BCUT2D eigenvalue weighted by atomic mass is 16.5. The number of anilines is 1. The average Bonchev–Trinajstić information content (AvgIpc) is 2.93. The van der Waals surface area contributed by atoms with E-state index in [-0.39, 0.29) is 0 Å². The molecule has 1 saturated heterocycles. The third-order valence-corrected chi connectivity index (χ3v) is 7.38. The van der Waals surface area contributed by atoms with Crippen LogP contribution in [0.3, 0.4) is 0 Å².